The fourth-order valence-corrected chi connectivity index (χ4v) is 4.53. The van der Waals surface area contributed by atoms with Crippen molar-refractivity contribution in [3.05, 3.63) is 12.2 Å². The number of aliphatic imine (C=N–C) groups is 1. The highest BCUT2D eigenvalue weighted by molar-refractivity contribution is 5.72. The second kappa shape index (κ2) is 17.5. The first-order chi connectivity index (χ1) is 14.6. The number of nitrogens with one attached hydrogen (secondary N) is 1. The minimum atomic E-state index is 0.0670. The number of carbonyl (C=O) groups is 1. The van der Waals surface area contributed by atoms with Gasteiger partial charge in [-0.05, 0) is 39.0 Å². The zero-order valence-corrected chi connectivity index (χ0v) is 20.3. The SMILES string of the molecule is CCCCCCCCC/C=C/CCCCCCC1N=CC[N+]1(CC)CCNC(C)=O. The van der Waals surface area contributed by atoms with Crippen LogP contribution in [0.4, 0.5) is 0 Å². The summed E-state index contributed by atoms with van der Waals surface area (Å²) in [7, 11) is 0. The highest BCUT2D eigenvalue weighted by Gasteiger charge is 2.37. The van der Waals surface area contributed by atoms with Gasteiger partial charge in [0.15, 0.2) is 6.17 Å². The largest absolute Gasteiger partial charge is 0.351 e. The molecule has 0 radical (unpaired) electrons. The minimum Gasteiger partial charge on any atom is -0.351 e. The average molecular weight is 421 g/mol. The Labute approximate surface area is 187 Å². The first-order valence-electron chi connectivity index (χ1n) is 12.9. The van der Waals surface area contributed by atoms with Crippen LogP contribution in [0.15, 0.2) is 17.1 Å². The Morgan fingerprint density at radius 2 is 1.57 bits per heavy atom. The predicted octanol–water partition coefficient (Wildman–Crippen LogP) is 6.41. The summed E-state index contributed by atoms with van der Waals surface area (Å²) in [6, 6.07) is 0. The van der Waals surface area contributed by atoms with E-state index in [1.54, 1.807) is 6.92 Å². The molecular weight excluding hydrogens is 370 g/mol. The molecule has 0 aliphatic carbocycles. The third-order valence-corrected chi connectivity index (χ3v) is 6.64. The van der Waals surface area contributed by atoms with E-state index < -0.39 is 0 Å². The van der Waals surface area contributed by atoms with E-state index in [9.17, 15) is 4.79 Å². The van der Waals surface area contributed by atoms with E-state index in [1.165, 1.54) is 89.9 Å². The highest BCUT2D eigenvalue weighted by Crippen LogP contribution is 2.24. The summed E-state index contributed by atoms with van der Waals surface area (Å²) >= 11 is 0. The van der Waals surface area contributed by atoms with Gasteiger partial charge in [0.1, 0.15) is 6.54 Å². The Hall–Kier alpha value is -1.16. The summed E-state index contributed by atoms with van der Waals surface area (Å²) in [5, 5.41) is 2.96. The van der Waals surface area contributed by atoms with Crippen molar-refractivity contribution in [1.82, 2.24) is 5.32 Å². The van der Waals surface area contributed by atoms with E-state index in [2.05, 4.69) is 37.5 Å². The maximum absolute atomic E-state index is 11.2. The number of amides is 1. The van der Waals surface area contributed by atoms with Gasteiger partial charge in [-0.2, -0.15) is 0 Å². The number of rotatable bonds is 19. The predicted molar refractivity (Wildman–Crippen MR) is 131 cm³/mol. The average Bonchev–Trinajstić information content (AvgIpc) is 3.13. The van der Waals surface area contributed by atoms with Crippen LogP contribution in [0.3, 0.4) is 0 Å². The Balaban J connectivity index is 2.02. The number of allylic oxidation sites excluding steroid dienone is 2. The second-order valence-corrected chi connectivity index (χ2v) is 9.11. The third kappa shape index (κ3) is 11.9. The first-order valence-corrected chi connectivity index (χ1v) is 12.9. The van der Waals surface area contributed by atoms with Crippen LogP contribution < -0.4 is 5.32 Å². The molecule has 0 aromatic rings. The molecule has 1 rings (SSSR count). The fourth-order valence-electron chi connectivity index (χ4n) is 4.53. The van der Waals surface area contributed by atoms with Crippen LogP contribution in [0.2, 0.25) is 0 Å². The van der Waals surface area contributed by atoms with Gasteiger partial charge < -0.3 is 5.32 Å². The molecule has 1 amide bonds. The number of likely N-dealkylation sites (N-methyl/N-ethyl adjacent to an activating group) is 1. The van der Waals surface area contributed by atoms with Gasteiger partial charge in [-0.1, -0.05) is 70.4 Å². The maximum Gasteiger partial charge on any atom is 0.217 e. The van der Waals surface area contributed by atoms with E-state index in [0.29, 0.717) is 6.17 Å². The molecule has 30 heavy (non-hydrogen) atoms. The lowest BCUT2D eigenvalue weighted by Gasteiger charge is -2.38. The molecule has 4 nitrogen and oxygen atoms in total. The molecule has 0 spiro atoms. The molecule has 0 saturated heterocycles. The van der Waals surface area contributed by atoms with Crippen molar-refractivity contribution in [2.24, 2.45) is 4.99 Å². The number of hydrogen-bond acceptors (Lipinski definition) is 2. The van der Waals surface area contributed by atoms with E-state index in [1.807, 2.05) is 0 Å². The normalized spacial score (nSPS) is 21.0. The Morgan fingerprint density at radius 3 is 2.17 bits per heavy atom. The summed E-state index contributed by atoms with van der Waals surface area (Å²) in [6.07, 6.45) is 26.0. The Morgan fingerprint density at radius 1 is 0.967 bits per heavy atom. The zero-order chi connectivity index (χ0) is 21.9. The van der Waals surface area contributed by atoms with Crippen LogP contribution in [0.1, 0.15) is 111 Å². The summed E-state index contributed by atoms with van der Waals surface area (Å²) in [5.74, 6) is 0.0670. The maximum atomic E-state index is 11.2. The summed E-state index contributed by atoms with van der Waals surface area (Å²) in [4.78, 5) is 16.0. The van der Waals surface area contributed by atoms with Crippen molar-refractivity contribution >= 4 is 12.1 Å². The lowest BCUT2D eigenvalue weighted by molar-refractivity contribution is -0.935. The molecule has 0 aromatic heterocycles. The van der Waals surface area contributed by atoms with Crippen LogP contribution in [-0.2, 0) is 4.79 Å². The lowest BCUT2D eigenvalue weighted by Crippen LogP contribution is -2.55. The molecule has 0 aromatic carbocycles. The molecule has 174 valence electrons. The topological polar surface area (TPSA) is 41.5 Å². The van der Waals surface area contributed by atoms with Crippen molar-refractivity contribution in [2.45, 2.75) is 117 Å². The van der Waals surface area contributed by atoms with Crippen molar-refractivity contribution in [3.63, 3.8) is 0 Å². The molecular formula is C26H50N3O+. The highest BCUT2D eigenvalue weighted by atomic mass is 16.1. The van der Waals surface area contributed by atoms with Gasteiger partial charge >= 0.3 is 0 Å². The molecule has 0 bridgehead atoms. The number of hydrogen-bond donors (Lipinski definition) is 1. The Bertz CT molecular complexity index is 489. The molecule has 0 saturated carbocycles. The van der Waals surface area contributed by atoms with E-state index >= 15 is 0 Å². The summed E-state index contributed by atoms with van der Waals surface area (Å²) in [6.45, 7) is 9.99. The zero-order valence-electron chi connectivity index (χ0n) is 20.3. The van der Waals surface area contributed by atoms with Gasteiger partial charge in [0.05, 0.1) is 25.8 Å². The molecule has 1 aliphatic rings. The summed E-state index contributed by atoms with van der Waals surface area (Å²) < 4.78 is 1.02. The smallest absolute Gasteiger partial charge is 0.217 e. The molecule has 0 fully saturated rings. The fraction of sp³-hybridized carbons (Fsp3) is 0.846. The minimum absolute atomic E-state index is 0.0670. The summed E-state index contributed by atoms with van der Waals surface area (Å²) in [5.41, 5.74) is 0. The van der Waals surface area contributed by atoms with E-state index in [4.69, 9.17) is 4.99 Å². The third-order valence-electron chi connectivity index (χ3n) is 6.64. The molecule has 2 atom stereocenters. The number of carbonyl (C=O) groups excluding carboxylic acids is 1. The molecule has 1 aliphatic heterocycles. The van der Waals surface area contributed by atoms with Gasteiger partial charge in [0, 0.05) is 13.3 Å². The van der Waals surface area contributed by atoms with Gasteiger partial charge in [-0.25, -0.2) is 4.99 Å². The van der Waals surface area contributed by atoms with Gasteiger partial charge in [0.2, 0.25) is 5.91 Å². The van der Waals surface area contributed by atoms with Crippen molar-refractivity contribution in [3.8, 4) is 0 Å². The molecule has 1 heterocycles. The standard InChI is InChI=1S/C26H49N3O/c1-4-6-7-8-9-10-11-12-13-14-15-16-17-18-19-20-26-28-22-24-29(26,5-2)23-21-27-25(3)30/h13-14,22,26H,4-12,15-21,23-24H2,1-3H3/p+1/b14-13+. The van der Waals surface area contributed by atoms with E-state index in [0.717, 1.165) is 30.7 Å². The number of unbranched alkanes of at least 4 members (excludes halogenated alkanes) is 11. The monoisotopic (exact) mass is 420 g/mol. The first kappa shape index (κ1) is 26.9. The van der Waals surface area contributed by atoms with Crippen LogP contribution in [-0.4, -0.2) is 48.9 Å². The van der Waals surface area contributed by atoms with Crippen LogP contribution in [0.5, 0.6) is 0 Å². The van der Waals surface area contributed by atoms with E-state index in [-0.39, 0.29) is 5.91 Å². The number of nitrogens with zero attached hydrogens (tertiary/aromatic N) is 2. The van der Waals surface area contributed by atoms with Crippen molar-refractivity contribution in [2.75, 3.05) is 26.2 Å². The molecule has 2 unspecified atom stereocenters. The number of quaternary nitrogens is 1. The van der Waals surface area contributed by atoms with Crippen LogP contribution in [0.25, 0.3) is 0 Å². The molecule has 4 heteroatoms. The van der Waals surface area contributed by atoms with Crippen LogP contribution in [0, 0.1) is 0 Å². The van der Waals surface area contributed by atoms with Crippen molar-refractivity contribution in [1.29, 1.82) is 0 Å². The van der Waals surface area contributed by atoms with Crippen molar-refractivity contribution < 1.29 is 9.28 Å². The lowest BCUT2D eigenvalue weighted by atomic mass is 10.1. The van der Waals surface area contributed by atoms with Gasteiger partial charge in [-0.15, -0.1) is 0 Å². The quantitative estimate of drug-likeness (QED) is 0.146. The van der Waals surface area contributed by atoms with Crippen LogP contribution >= 0.6 is 0 Å². The second-order valence-electron chi connectivity index (χ2n) is 9.11. The molecule has 1 N–H and O–H groups in total. The van der Waals surface area contributed by atoms with Gasteiger partial charge in [0.25, 0.3) is 0 Å². The Kier molecular flexibility index (Phi) is 15.7. The van der Waals surface area contributed by atoms with Gasteiger partial charge in [-0.3, -0.25) is 9.28 Å².